The fraction of sp³-hybridized carbons (Fsp3) is 0.222. The number of alkyl carbamates (subject to hydrolysis) is 1. The zero-order chi connectivity index (χ0) is 40.4. The van der Waals surface area contributed by atoms with Gasteiger partial charge in [-0.05, 0) is 48.5 Å². The Morgan fingerprint density at radius 3 is 1.59 bits per heavy atom. The summed E-state index contributed by atoms with van der Waals surface area (Å²) < 4.78 is 72.2. The number of hydrogen-bond donors (Lipinski definition) is 4. The molecule has 0 radical (unpaired) electrons. The van der Waals surface area contributed by atoms with Crippen LogP contribution in [0.1, 0.15) is 56.8 Å². The van der Waals surface area contributed by atoms with Crippen LogP contribution < -0.4 is 31.2 Å². The van der Waals surface area contributed by atoms with Crippen LogP contribution in [0.4, 0.5) is 38.5 Å². The maximum Gasteiger partial charge on any atom is 0.407 e. The number of rotatable bonds is 5. The van der Waals surface area contributed by atoms with Crippen molar-refractivity contribution in [3.05, 3.63) is 116 Å². The molecule has 0 unspecified atom stereocenters. The Balaban J connectivity index is 0.000000266. The summed E-state index contributed by atoms with van der Waals surface area (Å²) in [6, 6.07) is 11.4. The maximum atomic E-state index is 13.3. The molecule has 5 N–H and O–H groups in total. The molecule has 0 bridgehead atoms. The second-order valence-electron chi connectivity index (χ2n) is 11.4. The second kappa shape index (κ2) is 20.8. The van der Waals surface area contributed by atoms with E-state index in [1.807, 2.05) is 0 Å². The number of ether oxygens (including phenoxy) is 4. The molecule has 0 fully saturated rings. The van der Waals surface area contributed by atoms with Gasteiger partial charge in [0.05, 0.1) is 44.6 Å². The van der Waals surface area contributed by atoms with Gasteiger partial charge < -0.3 is 40.6 Å². The van der Waals surface area contributed by atoms with Crippen LogP contribution in [0.5, 0.6) is 11.5 Å². The summed E-state index contributed by atoms with van der Waals surface area (Å²) in [4.78, 5) is 45.9. The highest BCUT2D eigenvalue weighted by Crippen LogP contribution is 2.41. The number of carbonyl (C=O) groups excluding carboxylic acids is 4. The van der Waals surface area contributed by atoms with Gasteiger partial charge in [0, 0.05) is 75.2 Å². The summed E-state index contributed by atoms with van der Waals surface area (Å²) in [6.45, 7) is 0.618. The van der Waals surface area contributed by atoms with Crippen molar-refractivity contribution < 1.29 is 55.7 Å². The van der Waals surface area contributed by atoms with Gasteiger partial charge in [0.1, 0.15) is 11.5 Å². The summed E-state index contributed by atoms with van der Waals surface area (Å²) in [5, 5.41) is 8.37. The summed E-state index contributed by atoms with van der Waals surface area (Å²) in [7, 11) is 2.46. The lowest BCUT2D eigenvalue weighted by molar-refractivity contribution is 0.101. The minimum absolute atomic E-state index is 0. The summed E-state index contributed by atoms with van der Waals surface area (Å²) in [5.74, 6) is -4.68. The van der Waals surface area contributed by atoms with Gasteiger partial charge in [-0.1, -0.05) is 23.2 Å². The Morgan fingerprint density at radius 2 is 1.14 bits per heavy atom. The molecule has 2 atom stereocenters. The van der Waals surface area contributed by atoms with Crippen LogP contribution >= 0.6 is 47.2 Å². The fourth-order valence-corrected chi connectivity index (χ4v) is 5.80. The molecule has 2 heterocycles. The first-order valence-electron chi connectivity index (χ1n) is 15.9. The average molecular weight is 866 g/mol. The molecular weight excluding hydrogens is 834 g/mol. The van der Waals surface area contributed by atoms with E-state index in [1.54, 1.807) is 6.07 Å². The zero-order valence-electron chi connectivity index (χ0n) is 29.2. The van der Waals surface area contributed by atoms with E-state index in [0.29, 0.717) is 46.4 Å². The molecule has 56 heavy (non-hydrogen) atoms. The third-order valence-electron chi connectivity index (χ3n) is 7.82. The lowest BCUT2D eigenvalue weighted by Crippen LogP contribution is -2.33. The number of carbonyl (C=O) groups is 4. The number of anilines is 2. The van der Waals surface area contributed by atoms with Gasteiger partial charge >= 0.3 is 11.5 Å². The fourth-order valence-electron chi connectivity index (χ4n) is 5.24. The molecule has 300 valence electrons. The van der Waals surface area contributed by atoms with Crippen molar-refractivity contribution in [3.63, 3.8) is 0 Å². The molecule has 3 amide bonds. The Bertz CT molecular complexity index is 2100. The standard InChI is InChI=1S/C18H15ClF2N2O4.C16H13ClF2N2O2.C2H3ClO2.ClH/c1-26-18(25)23-14-6-7-27-16-10(3-4-11(19)15(14)16)17(24)22-9-2-5-12(20)13(21)8-9;17-10-3-2-9(15-14(10)13(20)5-6-23-15)16(22)21-8-1-4-11(18)12(19)7-8;1-5-2(3)4;/h2-5,8,14H,6-7H2,1H3,(H,22,24)(H,23,25);1-4,7,13H,5-6,20H2,(H,21,22);1H3;1H/t14-;13-;;/m00../s1. The molecule has 2 aliphatic heterocycles. The minimum atomic E-state index is -1.08. The maximum absolute atomic E-state index is 13.3. The highest BCUT2D eigenvalue weighted by Gasteiger charge is 2.30. The van der Waals surface area contributed by atoms with E-state index in [9.17, 15) is 36.7 Å². The van der Waals surface area contributed by atoms with E-state index in [-0.39, 0.29) is 53.3 Å². The van der Waals surface area contributed by atoms with Crippen LogP contribution in [0.3, 0.4) is 0 Å². The molecule has 0 aromatic heterocycles. The predicted octanol–water partition coefficient (Wildman–Crippen LogP) is 9.12. The topological polar surface area (TPSA) is 167 Å². The van der Waals surface area contributed by atoms with Gasteiger partial charge in [0.2, 0.25) is 0 Å². The Labute approximate surface area is 338 Å². The molecule has 4 aromatic rings. The zero-order valence-corrected chi connectivity index (χ0v) is 32.2. The smallest absolute Gasteiger partial charge is 0.407 e. The number of halogens is 8. The van der Waals surface area contributed by atoms with Gasteiger partial charge in [0.25, 0.3) is 11.8 Å². The summed E-state index contributed by atoms with van der Waals surface area (Å²) >= 11 is 17.0. The Hall–Kier alpha value is -5.00. The first kappa shape index (κ1) is 45.4. The largest absolute Gasteiger partial charge is 0.492 e. The Morgan fingerprint density at radius 1 is 0.696 bits per heavy atom. The van der Waals surface area contributed by atoms with E-state index in [0.717, 1.165) is 24.3 Å². The van der Waals surface area contributed by atoms with Crippen LogP contribution in [-0.4, -0.2) is 50.8 Å². The van der Waals surface area contributed by atoms with E-state index in [1.165, 1.54) is 44.6 Å². The van der Waals surface area contributed by atoms with Gasteiger partial charge in [-0.3, -0.25) is 9.59 Å². The van der Waals surface area contributed by atoms with E-state index < -0.39 is 52.6 Å². The third kappa shape index (κ3) is 11.5. The molecule has 4 aromatic carbocycles. The lowest BCUT2D eigenvalue weighted by atomic mass is 9.97. The first-order chi connectivity index (χ1) is 26.1. The van der Waals surface area contributed by atoms with Gasteiger partial charge in [0.15, 0.2) is 23.3 Å². The average Bonchev–Trinajstić information content (AvgIpc) is 3.15. The molecular formula is C36H32Cl4F4N4O8. The van der Waals surface area contributed by atoms with E-state index in [4.69, 9.17) is 38.4 Å². The number of methoxy groups -OCH3 is 2. The van der Waals surface area contributed by atoms with Crippen LogP contribution in [0, 0.1) is 23.3 Å². The van der Waals surface area contributed by atoms with E-state index in [2.05, 4.69) is 37.0 Å². The van der Waals surface area contributed by atoms with Gasteiger partial charge in [-0.25, -0.2) is 27.2 Å². The van der Waals surface area contributed by atoms with Crippen molar-refractivity contribution >= 4 is 81.9 Å². The van der Waals surface area contributed by atoms with Crippen LogP contribution in [-0.2, 0) is 9.47 Å². The Kier molecular flexibility index (Phi) is 16.8. The van der Waals surface area contributed by atoms with Gasteiger partial charge in [-0.2, -0.15) is 0 Å². The van der Waals surface area contributed by atoms with Crippen molar-refractivity contribution in [1.82, 2.24) is 5.32 Å². The quantitative estimate of drug-likeness (QED) is 0.113. The first-order valence-corrected chi connectivity index (χ1v) is 17.0. The van der Waals surface area contributed by atoms with Crippen molar-refractivity contribution in [2.75, 3.05) is 38.1 Å². The number of fused-ring (bicyclic) bond motifs is 2. The SMILES string of the molecule is COC(=O)Cl.COC(=O)N[C@H]1CCOc2c(C(=O)Nc3ccc(F)c(F)c3)ccc(Cl)c21.Cl.N[C@H]1CCOc2c(C(=O)Nc3ccc(F)c(F)c3)ccc(Cl)c21. The van der Waals surface area contributed by atoms with E-state index >= 15 is 0 Å². The van der Waals surface area contributed by atoms with Crippen LogP contribution in [0.25, 0.3) is 0 Å². The lowest BCUT2D eigenvalue weighted by Gasteiger charge is -2.28. The molecule has 12 nitrogen and oxygen atoms in total. The molecule has 0 saturated heterocycles. The number of nitrogens with two attached hydrogens (primary N) is 1. The molecule has 2 aliphatic rings. The molecule has 6 rings (SSSR count). The second-order valence-corrected chi connectivity index (χ2v) is 12.5. The molecule has 0 saturated carbocycles. The van der Waals surface area contributed by atoms with Gasteiger partial charge in [-0.15, -0.1) is 12.4 Å². The number of amides is 3. The summed E-state index contributed by atoms with van der Waals surface area (Å²) in [6.07, 6.45) is 0.400. The highest BCUT2D eigenvalue weighted by atomic mass is 35.5. The summed E-state index contributed by atoms with van der Waals surface area (Å²) in [5.41, 5.74) is 6.89. The predicted molar refractivity (Wildman–Crippen MR) is 202 cm³/mol. The van der Waals surface area contributed by atoms with Crippen molar-refractivity contribution in [2.24, 2.45) is 5.73 Å². The highest BCUT2D eigenvalue weighted by molar-refractivity contribution is 6.61. The minimum Gasteiger partial charge on any atom is -0.492 e. The van der Waals surface area contributed by atoms with Crippen molar-refractivity contribution in [1.29, 1.82) is 0 Å². The number of benzene rings is 4. The van der Waals surface area contributed by atoms with Crippen molar-refractivity contribution in [3.8, 4) is 11.5 Å². The van der Waals surface area contributed by atoms with Crippen molar-refractivity contribution in [2.45, 2.75) is 24.9 Å². The molecule has 0 spiro atoms. The van der Waals surface area contributed by atoms with Crippen LogP contribution in [0.2, 0.25) is 10.0 Å². The van der Waals surface area contributed by atoms with Crippen LogP contribution in [0.15, 0.2) is 60.7 Å². The monoisotopic (exact) mass is 864 g/mol. The third-order valence-corrected chi connectivity index (χ3v) is 8.63. The normalized spacial score (nSPS) is 14.8. The molecule has 0 aliphatic carbocycles. The number of hydrogen-bond acceptors (Lipinski definition) is 9. The molecule has 20 heteroatoms. The number of nitrogens with one attached hydrogen (secondary N) is 3.